The number of nitrogens with one attached hydrogen (secondary N) is 1. The molecular weight excluding hydrogens is 377 g/mol. The summed E-state index contributed by atoms with van der Waals surface area (Å²) < 4.78 is 6.68. The minimum Gasteiger partial charge on any atom is -0.491 e. The molecule has 4 nitrogen and oxygen atoms in total. The van der Waals surface area contributed by atoms with Gasteiger partial charge in [-0.1, -0.05) is 6.92 Å². The first-order chi connectivity index (χ1) is 10.1. The van der Waals surface area contributed by atoms with Crippen LogP contribution in [0.5, 0.6) is 5.75 Å². The number of ether oxygens (including phenoxy) is 1. The number of hydrogen-bond acceptors (Lipinski definition) is 4. The van der Waals surface area contributed by atoms with Crippen molar-refractivity contribution in [2.24, 2.45) is 0 Å². The average molecular weight is 397 g/mol. The van der Waals surface area contributed by atoms with Crippen molar-refractivity contribution in [3.8, 4) is 17.1 Å². The first kappa shape index (κ1) is 16.0. The summed E-state index contributed by atoms with van der Waals surface area (Å²) in [4.78, 5) is 9.01. The molecule has 0 atom stereocenters. The second-order valence-electron chi connectivity index (χ2n) is 5.01. The Morgan fingerprint density at radius 3 is 2.57 bits per heavy atom. The van der Waals surface area contributed by atoms with E-state index < -0.39 is 0 Å². The van der Waals surface area contributed by atoms with Crippen LogP contribution < -0.4 is 10.1 Å². The molecule has 1 aromatic heterocycles. The van der Waals surface area contributed by atoms with Crippen molar-refractivity contribution in [1.29, 1.82) is 0 Å². The van der Waals surface area contributed by atoms with E-state index in [1.54, 1.807) is 0 Å². The van der Waals surface area contributed by atoms with Gasteiger partial charge in [0.1, 0.15) is 11.6 Å². The highest BCUT2D eigenvalue weighted by atomic mass is 127. The molecule has 0 aliphatic heterocycles. The number of rotatable bonds is 6. The molecule has 0 saturated carbocycles. The highest BCUT2D eigenvalue weighted by Crippen LogP contribution is 2.23. The van der Waals surface area contributed by atoms with E-state index >= 15 is 0 Å². The zero-order valence-corrected chi connectivity index (χ0v) is 14.7. The zero-order chi connectivity index (χ0) is 15.2. The Morgan fingerprint density at radius 2 is 1.95 bits per heavy atom. The smallest absolute Gasteiger partial charge is 0.161 e. The van der Waals surface area contributed by atoms with Gasteiger partial charge in [0.05, 0.1) is 9.67 Å². The molecule has 2 aromatic rings. The second-order valence-corrected chi connectivity index (χ2v) is 6.17. The topological polar surface area (TPSA) is 47.0 Å². The van der Waals surface area contributed by atoms with Crippen LogP contribution in [0.25, 0.3) is 11.4 Å². The van der Waals surface area contributed by atoms with Gasteiger partial charge in [0.15, 0.2) is 5.82 Å². The highest BCUT2D eigenvalue weighted by molar-refractivity contribution is 14.1. The van der Waals surface area contributed by atoms with Crippen LogP contribution in [0, 0.1) is 3.57 Å². The summed E-state index contributed by atoms with van der Waals surface area (Å²) in [5.74, 6) is 2.48. The molecule has 0 fully saturated rings. The summed E-state index contributed by atoms with van der Waals surface area (Å²) in [5, 5.41) is 3.33. The number of benzene rings is 1. The van der Waals surface area contributed by atoms with Crippen LogP contribution in [-0.4, -0.2) is 22.6 Å². The standard InChI is InChI=1S/C16H20IN3O/c1-4-9-18-16-14(17)10-19-15(20-16)12-5-7-13(8-6-12)21-11(2)3/h5-8,10-11H,4,9H2,1-3H3,(H,18,19,20). The Balaban J connectivity index is 2.21. The fourth-order valence-corrected chi connectivity index (χ4v) is 2.28. The van der Waals surface area contributed by atoms with E-state index in [0.717, 1.165) is 39.5 Å². The summed E-state index contributed by atoms with van der Waals surface area (Å²) in [5.41, 5.74) is 0.988. The third-order valence-corrected chi connectivity index (χ3v) is 3.56. The SMILES string of the molecule is CCCNc1nc(-c2ccc(OC(C)C)cc2)ncc1I. The van der Waals surface area contributed by atoms with Gasteiger partial charge in [-0.2, -0.15) is 0 Å². The molecule has 1 heterocycles. The molecule has 0 bridgehead atoms. The molecule has 0 aliphatic rings. The summed E-state index contributed by atoms with van der Waals surface area (Å²) >= 11 is 2.25. The quantitative estimate of drug-likeness (QED) is 0.736. The molecule has 0 amide bonds. The lowest BCUT2D eigenvalue weighted by molar-refractivity contribution is 0.242. The van der Waals surface area contributed by atoms with Gasteiger partial charge in [0.2, 0.25) is 0 Å². The summed E-state index contributed by atoms with van der Waals surface area (Å²) in [6.45, 7) is 7.08. The van der Waals surface area contributed by atoms with Crippen molar-refractivity contribution in [2.45, 2.75) is 33.3 Å². The van der Waals surface area contributed by atoms with Crippen molar-refractivity contribution in [3.05, 3.63) is 34.0 Å². The average Bonchev–Trinajstić information content (AvgIpc) is 2.47. The van der Waals surface area contributed by atoms with Crippen LogP contribution in [0.1, 0.15) is 27.2 Å². The molecule has 112 valence electrons. The monoisotopic (exact) mass is 397 g/mol. The minimum absolute atomic E-state index is 0.176. The molecule has 0 spiro atoms. The van der Waals surface area contributed by atoms with Crippen molar-refractivity contribution >= 4 is 28.4 Å². The molecule has 21 heavy (non-hydrogen) atoms. The van der Waals surface area contributed by atoms with Crippen molar-refractivity contribution < 1.29 is 4.74 Å². The Hall–Kier alpha value is -1.37. The predicted molar refractivity (Wildman–Crippen MR) is 94.7 cm³/mol. The first-order valence-corrected chi connectivity index (χ1v) is 8.21. The van der Waals surface area contributed by atoms with E-state index in [1.165, 1.54) is 0 Å². The molecular formula is C16H20IN3O. The maximum absolute atomic E-state index is 5.65. The zero-order valence-electron chi connectivity index (χ0n) is 12.6. The molecule has 0 radical (unpaired) electrons. The molecule has 0 unspecified atom stereocenters. The van der Waals surface area contributed by atoms with Gasteiger partial charge >= 0.3 is 0 Å². The molecule has 0 aliphatic carbocycles. The Bertz CT molecular complexity index is 585. The van der Waals surface area contributed by atoms with Gasteiger partial charge in [-0.15, -0.1) is 0 Å². The Labute approximate surface area is 139 Å². The van der Waals surface area contributed by atoms with Gasteiger partial charge in [-0.05, 0) is 67.1 Å². The predicted octanol–water partition coefficient (Wildman–Crippen LogP) is 4.36. The van der Waals surface area contributed by atoms with Crippen molar-refractivity contribution in [1.82, 2.24) is 9.97 Å². The number of hydrogen-bond donors (Lipinski definition) is 1. The molecule has 1 aromatic carbocycles. The third kappa shape index (κ3) is 4.56. The van der Waals surface area contributed by atoms with E-state index in [0.29, 0.717) is 0 Å². The van der Waals surface area contributed by atoms with Crippen LogP contribution in [0.2, 0.25) is 0 Å². The fraction of sp³-hybridized carbons (Fsp3) is 0.375. The maximum atomic E-state index is 5.65. The summed E-state index contributed by atoms with van der Waals surface area (Å²) in [7, 11) is 0. The lowest BCUT2D eigenvalue weighted by atomic mass is 10.2. The maximum Gasteiger partial charge on any atom is 0.161 e. The van der Waals surface area contributed by atoms with Gasteiger partial charge in [0, 0.05) is 18.3 Å². The van der Waals surface area contributed by atoms with Gasteiger partial charge in [0.25, 0.3) is 0 Å². The minimum atomic E-state index is 0.176. The van der Waals surface area contributed by atoms with Gasteiger partial charge in [-0.3, -0.25) is 0 Å². The summed E-state index contributed by atoms with van der Waals surface area (Å²) in [6, 6.07) is 7.89. The highest BCUT2D eigenvalue weighted by Gasteiger charge is 2.07. The van der Waals surface area contributed by atoms with Crippen LogP contribution >= 0.6 is 22.6 Å². The number of halogens is 1. The largest absolute Gasteiger partial charge is 0.491 e. The van der Waals surface area contributed by atoms with Crippen LogP contribution in [0.4, 0.5) is 5.82 Å². The second kappa shape index (κ2) is 7.59. The van der Waals surface area contributed by atoms with Gasteiger partial charge in [-0.25, -0.2) is 9.97 Å². The first-order valence-electron chi connectivity index (χ1n) is 7.13. The van der Waals surface area contributed by atoms with Crippen LogP contribution in [0.3, 0.4) is 0 Å². The van der Waals surface area contributed by atoms with E-state index in [9.17, 15) is 0 Å². The molecule has 5 heteroatoms. The van der Waals surface area contributed by atoms with Crippen molar-refractivity contribution in [2.75, 3.05) is 11.9 Å². The van der Waals surface area contributed by atoms with E-state index in [4.69, 9.17) is 4.74 Å². The van der Waals surface area contributed by atoms with Crippen molar-refractivity contribution in [3.63, 3.8) is 0 Å². The third-order valence-electron chi connectivity index (χ3n) is 2.77. The van der Waals surface area contributed by atoms with Gasteiger partial charge < -0.3 is 10.1 Å². The lowest BCUT2D eigenvalue weighted by Gasteiger charge is -2.11. The molecule has 1 N–H and O–H groups in total. The number of anilines is 1. The molecule has 0 saturated heterocycles. The fourth-order valence-electron chi connectivity index (χ4n) is 1.83. The number of aromatic nitrogens is 2. The van der Waals surface area contributed by atoms with E-state index in [-0.39, 0.29) is 6.10 Å². The van der Waals surface area contributed by atoms with Crippen LogP contribution in [0.15, 0.2) is 30.5 Å². The van der Waals surface area contributed by atoms with E-state index in [1.807, 2.05) is 44.3 Å². The number of nitrogens with zero attached hydrogens (tertiary/aromatic N) is 2. The Kier molecular flexibility index (Phi) is 5.78. The summed E-state index contributed by atoms with van der Waals surface area (Å²) in [6.07, 6.45) is 3.09. The van der Waals surface area contributed by atoms with Crippen LogP contribution in [-0.2, 0) is 0 Å². The normalized spacial score (nSPS) is 10.7. The van der Waals surface area contributed by atoms with E-state index in [2.05, 4.69) is 44.8 Å². The lowest BCUT2D eigenvalue weighted by Crippen LogP contribution is -2.06. The molecule has 2 rings (SSSR count). The Morgan fingerprint density at radius 1 is 1.24 bits per heavy atom.